The number of methoxy groups -OCH3 is 1. The molecule has 2 rings (SSSR count). The van der Waals surface area contributed by atoms with Crippen molar-refractivity contribution < 1.29 is 9.53 Å². The maximum absolute atomic E-state index is 10.6. The van der Waals surface area contributed by atoms with Gasteiger partial charge in [-0.3, -0.25) is 9.89 Å². The van der Waals surface area contributed by atoms with Gasteiger partial charge in [0.05, 0.1) is 13.3 Å². The van der Waals surface area contributed by atoms with Crippen molar-refractivity contribution in [2.24, 2.45) is 0 Å². The topological polar surface area (TPSA) is 55.0 Å². The number of benzene rings is 1. The Morgan fingerprint density at radius 3 is 3.08 bits per heavy atom. The summed E-state index contributed by atoms with van der Waals surface area (Å²) in [6.45, 7) is 0. The number of hydrogen-bond acceptors (Lipinski definition) is 3. The zero-order chi connectivity index (χ0) is 9.26. The molecule has 0 amide bonds. The van der Waals surface area contributed by atoms with Crippen LogP contribution in [0.5, 0.6) is 5.75 Å². The minimum atomic E-state index is 0.589. The van der Waals surface area contributed by atoms with Crippen LogP contribution in [0.15, 0.2) is 18.3 Å². The number of nitrogens with one attached hydrogen (secondary N) is 1. The molecule has 0 bridgehead atoms. The van der Waals surface area contributed by atoms with Crippen molar-refractivity contribution in [2.45, 2.75) is 0 Å². The second-order valence-electron chi connectivity index (χ2n) is 2.68. The van der Waals surface area contributed by atoms with E-state index >= 15 is 0 Å². The van der Waals surface area contributed by atoms with Gasteiger partial charge in [-0.2, -0.15) is 5.10 Å². The van der Waals surface area contributed by atoms with E-state index in [4.69, 9.17) is 4.74 Å². The third-order valence-corrected chi connectivity index (χ3v) is 1.89. The summed E-state index contributed by atoms with van der Waals surface area (Å²) in [6.07, 6.45) is 2.44. The van der Waals surface area contributed by atoms with Crippen molar-refractivity contribution in [3.05, 3.63) is 23.9 Å². The molecule has 0 unspecified atom stereocenters. The van der Waals surface area contributed by atoms with Gasteiger partial charge in [-0.05, 0) is 12.1 Å². The molecule has 0 saturated heterocycles. The van der Waals surface area contributed by atoms with E-state index in [1.807, 2.05) is 0 Å². The molecule has 4 nitrogen and oxygen atoms in total. The predicted octanol–water partition coefficient (Wildman–Crippen LogP) is 1.38. The lowest BCUT2D eigenvalue weighted by atomic mass is 10.1. The first-order valence-electron chi connectivity index (χ1n) is 3.81. The molecule has 0 radical (unpaired) electrons. The fourth-order valence-corrected chi connectivity index (χ4v) is 1.28. The highest BCUT2D eigenvalue weighted by Crippen LogP contribution is 2.24. The van der Waals surface area contributed by atoms with Crippen LogP contribution >= 0.6 is 0 Å². The number of nitrogens with zero attached hydrogens (tertiary/aromatic N) is 1. The van der Waals surface area contributed by atoms with E-state index in [-0.39, 0.29) is 0 Å². The largest absolute Gasteiger partial charge is 0.494 e. The number of H-pyrrole nitrogens is 1. The van der Waals surface area contributed by atoms with Crippen LogP contribution in [0.1, 0.15) is 10.4 Å². The minimum Gasteiger partial charge on any atom is -0.494 e. The number of aromatic nitrogens is 2. The van der Waals surface area contributed by atoms with Gasteiger partial charge in [0.1, 0.15) is 17.6 Å². The summed E-state index contributed by atoms with van der Waals surface area (Å²) in [4.78, 5) is 10.6. The Morgan fingerprint density at radius 1 is 1.54 bits per heavy atom. The third kappa shape index (κ3) is 1.16. The molecular formula is C9H8N2O2. The second-order valence-corrected chi connectivity index (χ2v) is 2.68. The van der Waals surface area contributed by atoms with E-state index in [2.05, 4.69) is 10.2 Å². The molecule has 0 atom stereocenters. The van der Waals surface area contributed by atoms with Crippen LogP contribution in [0.2, 0.25) is 0 Å². The van der Waals surface area contributed by atoms with Gasteiger partial charge in [0.15, 0.2) is 0 Å². The molecule has 0 spiro atoms. The Morgan fingerprint density at radius 2 is 2.38 bits per heavy atom. The standard InChI is InChI=1S/C9H8N2O2/c1-13-8-3-6(5-12)2-7-4-10-11-9(7)8/h2-5H,1H3,(H,10,11). The van der Waals surface area contributed by atoms with Crippen LogP contribution in [-0.4, -0.2) is 23.6 Å². The Labute approximate surface area is 74.5 Å². The number of rotatable bonds is 2. The molecule has 66 valence electrons. The van der Waals surface area contributed by atoms with Gasteiger partial charge in [-0.25, -0.2) is 0 Å². The molecule has 0 aliphatic rings. The van der Waals surface area contributed by atoms with Crippen molar-refractivity contribution in [1.29, 1.82) is 0 Å². The molecule has 1 N–H and O–H groups in total. The molecule has 2 aromatic rings. The summed E-state index contributed by atoms with van der Waals surface area (Å²) in [6, 6.07) is 3.43. The molecule has 1 heterocycles. The van der Waals surface area contributed by atoms with Crippen LogP contribution in [0.3, 0.4) is 0 Å². The average molecular weight is 176 g/mol. The number of carbonyl (C=O) groups excluding carboxylic acids is 1. The van der Waals surface area contributed by atoms with Crippen molar-refractivity contribution in [3.8, 4) is 5.75 Å². The van der Waals surface area contributed by atoms with Crippen molar-refractivity contribution in [1.82, 2.24) is 10.2 Å². The average Bonchev–Trinajstić information content (AvgIpc) is 2.63. The Hall–Kier alpha value is -1.84. The van der Waals surface area contributed by atoms with Crippen LogP contribution in [0.25, 0.3) is 10.9 Å². The summed E-state index contributed by atoms with van der Waals surface area (Å²) in [5, 5.41) is 7.54. The molecule has 0 aliphatic carbocycles. The highest BCUT2D eigenvalue weighted by atomic mass is 16.5. The molecule has 0 saturated carbocycles. The lowest BCUT2D eigenvalue weighted by Crippen LogP contribution is -1.87. The van der Waals surface area contributed by atoms with E-state index in [9.17, 15) is 4.79 Å². The van der Waals surface area contributed by atoms with Gasteiger partial charge >= 0.3 is 0 Å². The van der Waals surface area contributed by atoms with Crippen LogP contribution in [0.4, 0.5) is 0 Å². The van der Waals surface area contributed by atoms with E-state index in [1.54, 1.807) is 25.4 Å². The lowest BCUT2D eigenvalue weighted by molar-refractivity contribution is 0.112. The second kappa shape index (κ2) is 2.90. The van der Waals surface area contributed by atoms with Crippen molar-refractivity contribution in [3.63, 3.8) is 0 Å². The summed E-state index contributed by atoms with van der Waals surface area (Å²) in [5.41, 5.74) is 1.40. The SMILES string of the molecule is COc1cc(C=O)cc2cn[nH]c12. The zero-order valence-electron chi connectivity index (χ0n) is 7.07. The number of aldehydes is 1. The Bertz CT molecular complexity index is 448. The first-order valence-corrected chi connectivity index (χ1v) is 3.81. The van der Waals surface area contributed by atoms with E-state index < -0.39 is 0 Å². The number of carbonyl (C=O) groups is 1. The van der Waals surface area contributed by atoms with Crippen LogP contribution in [0, 0.1) is 0 Å². The fraction of sp³-hybridized carbons (Fsp3) is 0.111. The van der Waals surface area contributed by atoms with Crippen LogP contribution < -0.4 is 4.74 Å². The van der Waals surface area contributed by atoms with E-state index in [0.717, 1.165) is 17.2 Å². The first kappa shape index (κ1) is 7.79. The molecular weight excluding hydrogens is 168 g/mol. The first-order chi connectivity index (χ1) is 6.35. The number of hydrogen-bond donors (Lipinski definition) is 1. The van der Waals surface area contributed by atoms with Gasteiger partial charge in [-0.15, -0.1) is 0 Å². The molecule has 1 aromatic heterocycles. The molecule has 0 fully saturated rings. The van der Waals surface area contributed by atoms with Crippen molar-refractivity contribution >= 4 is 17.2 Å². The minimum absolute atomic E-state index is 0.589. The smallest absolute Gasteiger partial charge is 0.150 e. The van der Waals surface area contributed by atoms with Crippen molar-refractivity contribution in [2.75, 3.05) is 7.11 Å². The quantitative estimate of drug-likeness (QED) is 0.703. The zero-order valence-corrected chi connectivity index (χ0v) is 7.07. The number of fused-ring (bicyclic) bond motifs is 1. The van der Waals surface area contributed by atoms with Gasteiger partial charge in [0.2, 0.25) is 0 Å². The Balaban J connectivity index is 2.77. The maximum Gasteiger partial charge on any atom is 0.150 e. The Kier molecular flexibility index (Phi) is 1.73. The summed E-state index contributed by atoms with van der Waals surface area (Å²) >= 11 is 0. The normalized spacial score (nSPS) is 10.2. The highest BCUT2D eigenvalue weighted by Gasteiger charge is 2.04. The monoisotopic (exact) mass is 176 g/mol. The van der Waals surface area contributed by atoms with Gasteiger partial charge in [0, 0.05) is 10.9 Å². The van der Waals surface area contributed by atoms with Crippen LogP contribution in [-0.2, 0) is 0 Å². The van der Waals surface area contributed by atoms with Gasteiger partial charge in [0.25, 0.3) is 0 Å². The summed E-state index contributed by atoms with van der Waals surface area (Å²) in [7, 11) is 1.56. The van der Waals surface area contributed by atoms with E-state index in [0.29, 0.717) is 11.3 Å². The summed E-state index contributed by atoms with van der Waals surface area (Å²) in [5.74, 6) is 0.636. The lowest BCUT2D eigenvalue weighted by Gasteiger charge is -2.01. The van der Waals surface area contributed by atoms with Gasteiger partial charge in [-0.1, -0.05) is 0 Å². The highest BCUT2D eigenvalue weighted by molar-refractivity contribution is 5.90. The third-order valence-electron chi connectivity index (χ3n) is 1.89. The van der Waals surface area contributed by atoms with Gasteiger partial charge < -0.3 is 4.74 Å². The molecule has 1 aromatic carbocycles. The molecule has 13 heavy (non-hydrogen) atoms. The van der Waals surface area contributed by atoms with E-state index in [1.165, 1.54) is 0 Å². The molecule has 0 aliphatic heterocycles. The number of ether oxygens (including phenoxy) is 1. The number of aromatic amines is 1. The maximum atomic E-state index is 10.6. The fourth-order valence-electron chi connectivity index (χ4n) is 1.28. The predicted molar refractivity (Wildman–Crippen MR) is 48.0 cm³/mol. The molecule has 4 heteroatoms. The summed E-state index contributed by atoms with van der Waals surface area (Å²) < 4.78 is 5.10.